The van der Waals surface area contributed by atoms with Crippen molar-refractivity contribution >= 4 is 5.97 Å². The number of unbranched alkanes of at least 4 members (excludes halogenated alkanes) is 10. The number of aliphatic carboxylic acids is 1. The molecule has 0 amide bonds. The maximum absolute atomic E-state index is 10.3. The molecule has 0 aliphatic carbocycles. The van der Waals surface area contributed by atoms with Crippen LogP contribution in [0.4, 0.5) is 0 Å². The molecule has 0 aromatic heterocycles. The average molecular weight is 361 g/mol. The smallest absolute Gasteiger partial charge is 0.303 e. The van der Waals surface area contributed by atoms with Crippen LogP contribution in [-0.4, -0.2) is 35.4 Å². The lowest BCUT2D eigenvalue weighted by Gasteiger charge is -2.10. The number of carbonyl (C=O) groups is 1. The van der Waals surface area contributed by atoms with E-state index >= 15 is 0 Å². The largest absolute Gasteiger partial charge is 0.481 e. The minimum absolute atomic E-state index is 0.0853. The number of carboxylic acid groups (broad SMARTS) is 1. The van der Waals surface area contributed by atoms with Crippen LogP contribution in [-0.2, 0) is 4.79 Å². The molecule has 1 unspecified atom stereocenters. The lowest BCUT2D eigenvalue weighted by molar-refractivity contribution is -0.137. The number of hydrogen-bond acceptors (Lipinski definition) is 4. The van der Waals surface area contributed by atoms with Gasteiger partial charge in [0.05, 0.1) is 6.10 Å². The van der Waals surface area contributed by atoms with Crippen molar-refractivity contribution < 1.29 is 15.0 Å². The maximum Gasteiger partial charge on any atom is 0.303 e. The summed E-state index contributed by atoms with van der Waals surface area (Å²) in [6.45, 7) is 3.41. The van der Waals surface area contributed by atoms with Crippen LogP contribution in [0.2, 0.25) is 0 Å². The van der Waals surface area contributed by atoms with Gasteiger partial charge in [0, 0.05) is 19.5 Å². The highest BCUT2D eigenvalue weighted by Crippen LogP contribution is 2.14. The minimum Gasteiger partial charge on any atom is -0.481 e. The van der Waals surface area contributed by atoms with Gasteiger partial charge < -0.3 is 21.7 Å². The van der Waals surface area contributed by atoms with Gasteiger partial charge in [-0.2, -0.15) is 0 Å². The van der Waals surface area contributed by atoms with E-state index in [2.05, 4.69) is 6.92 Å². The van der Waals surface area contributed by atoms with Crippen LogP contribution in [0.25, 0.3) is 0 Å². The highest BCUT2D eigenvalue weighted by Gasteiger charge is 2.03. The highest BCUT2D eigenvalue weighted by molar-refractivity contribution is 5.66. The third-order valence-corrected chi connectivity index (χ3v) is 4.24. The first kappa shape index (κ1) is 26.6. The third kappa shape index (κ3) is 28.4. The van der Waals surface area contributed by atoms with E-state index in [1.165, 1.54) is 51.4 Å². The van der Waals surface area contributed by atoms with Gasteiger partial charge >= 0.3 is 5.97 Å². The maximum atomic E-state index is 10.3. The number of hydrogen-bond donors (Lipinski definition) is 4. The Bertz CT molecular complexity index is 261. The van der Waals surface area contributed by atoms with E-state index < -0.39 is 5.97 Å². The molecule has 0 fully saturated rings. The summed E-state index contributed by atoms with van der Waals surface area (Å²) in [5, 5.41) is 18.4. The summed E-state index contributed by atoms with van der Waals surface area (Å²) >= 11 is 0. The molecule has 0 heterocycles. The highest BCUT2D eigenvalue weighted by atomic mass is 16.4. The van der Waals surface area contributed by atoms with Crippen LogP contribution < -0.4 is 11.5 Å². The van der Waals surface area contributed by atoms with Gasteiger partial charge in [-0.1, -0.05) is 77.6 Å². The summed E-state index contributed by atoms with van der Waals surface area (Å²) in [5.41, 5.74) is 9.81. The molecule has 0 aliphatic heterocycles. The molecule has 0 radical (unpaired) electrons. The van der Waals surface area contributed by atoms with Gasteiger partial charge in [-0.05, 0) is 19.3 Å². The molecule has 0 spiro atoms. The lowest BCUT2D eigenvalue weighted by Crippen LogP contribution is -2.11. The summed E-state index contributed by atoms with van der Waals surface area (Å²) in [6.07, 6.45) is 16.3. The van der Waals surface area contributed by atoms with E-state index in [1.807, 2.05) is 0 Å². The monoisotopic (exact) mass is 360 g/mol. The lowest BCUT2D eigenvalue weighted by atomic mass is 10.0. The molecule has 5 heteroatoms. The normalized spacial score (nSPS) is 11.7. The number of rotatable bonds is 17. The van der Waals surface area contributed by atoms with Gasteiger partial charge in [-0.15, -0.1) is 0 Å². The van der Waals surface area contributed by atoms with Crippen LogP contribution in [0.1, 0.15) is 103 Å². The molecule has 0 rings (SSSR count). The fourth-order valence-electron chi connectivity index (χ4n) is 2.67. The summed E-state index contributed by atoms with van der Waals surface area (Å²) in [4.78, 5) is 10.3. The molecule has 0 aromatic rings. The molecule has 0 saturated heterocycles. The van der Waals surface area contributed by atoms with Gasteiger partial charge in [0.1, 0.15) is 0 Å². The first-order valence-electron chi connectivity index (χ1n) is 10.4. The van der Waals surface area contributed by atoms with E-state index in [1.54, 1.807) is 0 Å². The average Bonchev–Trinajstić information content (AvgIpc) is 2.60. The second-order valence-corrected chi connectivity index (χ2v) is 6.84. The van der Waals surface area contributed by atoms with E-state index in [-0.39, 0.29) is 6.10 Å². The van der Waals surface area contributed by atoms with Gasteiger partial charge in [-0.3, -0.25) is 4.79 Å². The molecule has 1 atom stereocenters. The van der Waals surface area contributed by atoms with Crippen LogP contribution >= 0.6 is 0 Å². The Hall–Kier alpha value is -0.650. The van der Waals surface area contributed by atoms with Crippen molar-refractivity contribution in [2.45, 2.75) is 109 Å². The Labute approximate surface area is 155 Å². The second kappa shape index (κ2) is 23.4. The van der Waals surface area contributed by atoms with E-state index in [0.717, 1.165) is 38.5 Å². The van der Waals surface area contributed by atoms with Crippen molar-refractivity contribution in [2.24, 2.45) is 11.5 Å². The predicted octanol–water partition coefficient (Wildman–Crippen LogP) is 4.21. The van der Waals surface area contributed by atoms with Gasteiger partial charge in [0.25, 0.3) is 0 Å². The minimum atomic E-state index is -0.678. The Morgan fingerprint density at radius 2 is 1.16 bits per heavy atom. The summed E-state index contributed by atoms with van der Waals surface area (Å²) in [6, 6.07) is 0. The first-order valence-corrected chi connectivity index (χ1v) is 10.4. The quantitative estimate of drug-likeness (QED) is 0.290. The summed E-state index contributed by atoms with van der Waals surface area (Å²) < 4.78 is 0. The zero-order valence-electron chi connectivity index (χ0n) is 16.6. The fourth-order valence-corrected chi connectivity index (χ4v) is 2.67. The zero-order valence-corrected chi connectivity index (χ0v) is 16.6. The number of aliphatic hydroxyl groups is 1. The Morgan fingerprint density at radius 3 is 1.56 bits per heavy atom. The molecule has 0 aliphatic rings. The van der Waals surface area contributed by atoms with E-state index in [4.69, 9.17) is 16.6 Å². The van der Waals surface area contributed by atoms with Crippen molar-refractivity contribution in [3.63, 3.8) is 0 Å². The molecule has 152 valence electrons. The summed E-state index contributed by atoms with van der Waals surface area (Å²) in [7, 11) is 0. The van der Waals surface area contributed by atoms with Gasteiger partial charge in [0.15, 0.2) is 0 Å². The molecule has 0 bridgehead atoms. The first-order chi connectivity index (χ1) is 12.1. The Kier molecular flexibility index (Phi) is 24.8. The number of aliphatic hydroxyl groups excluding tert-OH is 1. The molecular weight excluding hydrogens is 316 g/mol. The van der Waals surface area contributed by atoms with Crippen LogP contribution in [0.5, 0.6) is 0 Å². The van der Waals surface area contributed by atoms with Crippen molar-refractivity contribution in [3.05, 3.63) is 0 Å². The third-order valence-electron chi connectivity index (χ3n) is 4.24. The fraction of sp³-hybridized carbons (Fsp3) is 0.950. The van der Waals surface area contributed by atoms with Crippen molar-refractivity contribution in [1.82, 2.24) is 0 Å². The topological polar surface area (TPSA) is 110 Å². The number of nitrogens with two attached hydrogens (primary N) is 2. The van der Waals surface area contributed by atoms with Crippen LogP contribution in [0, 0.1) is 0 Å². The molecule has 0 saturated carbocycles. The SMILES string of the molecule is CCCCCCC(O)CCCCCCCCCCC(=O)O.NCCN. The standard InChI is InChI=1S/C18H36O3.C2H8N2/c1-2-3-4-11-14-17(19)15-12-9-7-5-6-8-10-13-16-18(20)21;3-1-2-4/h17,19H,2-16H2,1H3,(H,20,21);1-4H2. The second-order valence-electron chi connectivity index (χ2n) is 6.84. The molecular formula is C20H44N2O3. The van der Waals surface area contributed by atoms with Crippen LogP contribution in [0.15, 0.2) is 0 Å². The van der Waals surface area contributed by atoms with Crippen molar-refractivity contribution in [2.75, 3.05) is 13.1 Å². The molecule has 25 heavy (non-hydrogen) atoms. The van der Waals surface area contributed by atoms with Crippen LogP contribution in [0.3, 0.4) is 0 Å². The Morgan fingerprint density at radius 1 is 0.760 bits per heavy atom. The summed E-state index contributed by atoms with van der Waals surface area (Å²) in [5.74, 6) is -0.678. The molecule has 0 aromatic carbocycles. The van der Waals surface area contributed by atoms with Crippen molar-refractivity contribution in [3.8, 4) is 0 Å². The molecule has 6 N–H and O–H groups in total. The predicted molar refractivity (Wildman–Crippen MR) is 107 cm³/mol. The number of carboxylic acids is 1. The van der Waals surface area contributed by atoms with E-state index in [0.29, 0.717) is 19.5 Å². The zero-order chi connectivity index (χ0) is 19.2. The van der Waals surface area contributed by atoms with Crippen molar-refractivity contribution in [1.29, 1.82) is 0 Å². The molecule has 5 nitrogen and oxygen atoms in total. The Balaban J connectivity index is 0. The van der Waals surface area contributed by atoms with E-state index in [9.17, 15) is 9.90 Å². The van der Waals surface area contributed by atoms with Gasteiger partial charge in [-0.25, -0.2) is 0 Å². The van der Waals surface area contributed by atoms with Gasteiger partial charge in [0.2, 0.25) is 0 Å².